The van der Waals surface area contributed by atoms with Gasteiger partial charge in [-0.05, 0) is 38.0 Å². The number of anilines is 1. The standard InChI is InChI=1S/C20H18N4O6S/c1-10-15-18(22-14-4-3-9-23(14)19(15)26)31-16(10)20(27)30-11(2)17(25)21-12-5-7-13(8-6-12)24(28)29/h5-8,11H,3-4,9H2,1-2H3,(H,21,25). The quantitative estimate of drug-likeness (QED) is 0.365. The molecule has 1 N–H and O–H groups in total. The second kappa shape index (κ2) is 7.91. The van der Waals surface area contributed by atoms with Crippen molar-refractivity contribution in [3.05, 3.63) is 61.0 Å². The van der Waals surface area contributed by atoms with Gasteiger partial charge in [0, 0.05) is 30.8 Å². The first-order valence-corrected chi connectivity index (χ1v) is 10.4. The summed E-state index contributed by atoms with van der Waals surface area (Å²) in [5.41, 5.74) is 0.568. The van der Waals surface area contributed by atoms with Gasteiger partial charge in [0.05, 0.1) is 10.3 Å². The molecule has 11 heteroatoms. The fourth-order valence-corrected chi connectivity index (χ4v) is 4.52. The number of hydrogen-bond donors (Lipinski definition) is 1. The second-order valence-electron chi connectivity index (χ2n) is 7.17. The molecular weight excluding hydrogens is 424 g/mol. The number of nitro groups is 1. The van der Waals surface area contributed by atoms with Gasteiger partial charge in [-0.3, -0.25) is 24.3 Å². The van der Waals surface area contributed by atoms with Crippen molar-refractivity contribution >= 4 is 44.8 Å². The molecule has 0 saturated carbocycles. The topological polar surface area (TPSA) is 133 Å². The number of non-ortho nitro benzene ring substituents is 1. The molecule has 0 radical (unpaired) electrons. The lowest BCUT2D eigenvalue weighted by Crippen LogP contribution is -2.30. The Kier molecular flexibility index (Phi) is 5.27. The maximum atomic E-state index is 12.7. The Morgan fingerprint density at radius 3 is 2.71 bits per heavy atom. The third kappa shape index (κ3) is 3.79. The van der Waals surface area contributed by atoms with Crippen LogP contribution < -0.4 is 10.9 Å². The molecule has 1 unspecified atom stereocenters. The average molecular weight is 442 g/mol. The number of ether oxygens (including phenoxy) is 1. The van der Waals surface area contributed by atoms with Gasteiger partial charge >= 0.3 is 5.97 Å². The number of aromatic nitrogens is 2. The van der Waals surface area contributed by atoms with E-state index in [1.54, 1.807) is 11.5 Å². The SMILES string of the molecule is Cc1c(C(=O)OC(C)C(=O)Nc2ccc([N+](=O)[O-])cc2)sc2nc3n(c(=O)c12)CCC3. The van der Waals surface area contributed by atoms with E-state index in [4.69, 9.17) is 4.74 Å². The number of carbonyl (C=O) groups is 2. The van der Waals surface area contributed by atoms with Crippen LogP contribution >= 0.6 is 11.3 Å². The van der Waals surface area contributed by atoms with Crippen molar-refractivity contribution < 1.29 is 19.2 Å². The minimum Gasteiger partial charge on any atom is -0.448 e. The van der Waals surface area contributed by atoms with Crippen LogP contribution in [-0.2, 0) is 22.5 Å². The molecule has 0 bridgehead atoms. The van der Waals surface area contributed by atoms with Crippen LogP contribution in [0.3, 0.4) is 0 Å². The highest BCUT2D eigenvalue weighted by Crippen LogP contribution is 2.29. The maximum Gasteiger partial charge on any atom is 0.349 e. The molecule has 2 aromatic heterocycles. The number of nitrogens with one attached hydrogen (secondary N) is 1. The molecule has 0 spiro atoms. The summed E-state index contributed by atoms with van der Waals surface area (Å²) in [6.45, 7) is 3.71. The third-order valence-electron chi connectivity index (χ3n) is 5.10. The second-order valence-corrected chi connectivity index (χ2v) is 8.16. The van der Waals surface area contributed by atoms with Crippen LogP contribution in [-0.4, -0.2) is 32.5 Å². The fraction of sp³-hybridized carbons (Fsp3) is 0.300. The van der Waals surface area contributed by atoms with Crippen molar-refractivity contribution in [1.29, 1.82) is 0 Å². The van der Waals surface area contributed by atoms with Gasteiger partial charge in [0.15, 0.2) is 6.10 Å². The molecule has 4 rings (SSSR count). The van der Waals surface area contributed by atoms with Crippen LogP contribution in [0.2, 0.25) is 0 Å². The van der Waals surface area contributed by atoms with Gasteiger partial charge in [-0.1, -0.05) is 0 Å². The van der Waals surface area contributed by atoms with E-state index < -0.39 is 22.9 Å². The molecule has 0 saturated heterocycles. The Bertz CT molecular complexity index is 1280. The number of nitrogens with zero attached hydrogens (tertiary/aromatic N) is 3. The monoisotopic (exact) mass is 442 g/mol. The number of thiophene rings is 1. The Balaban J connectivity index is 1.50. The lowest BCUT2D eigenvalue weighted by Gasteiger charge is -2.13. The summed E-state index contributed by atoms with van der Waals surface area (Å²) in [6, 6.07) is 5.30. The van der Waals surface area contributed by atoms with Gasteiger partial charge in [0.25, 0.3) is 17.2 Å². The summed E-state index contributed by atoms with van der Waals surface area (Å²) in [4.78, 5) is 53.2. The van der Waals surface area contributed by atoms with E-state index in [1.165, 1.54) is 31.2 Å². The molecular formula is C20H18N4O6S. The summed E-state index contributed by atoms with van der Waals surface area (Å²) in [6.07, 6.45) is 0.475. The summed E-state index contributed by atoms with van der Waals surface area (Å²) in [7, 11) is 0. The molecule has 1 aromatic carbocycles. The van der Waals surface area contributed by atoms with Gasteiger partial charge in [-0.15, -0.1) is 11.3 Å². The van der Waals surface area contributed by atoms with Gasteiger partial charge < -0.3 is 10.1 Å². The number of rotatable bonds is 5. The van der Waals surface area contributed by atoms with Crippen molar-refractivity contribution in [1.82, 2.24) is 9.55 Å². The minimum absolute atomic E-state index is 0.104. The average Bonchev–Trinajstić information content (AvgIpc) is 3.33. The van der Waals surface area contributed by atoms with Crippen LogP contribution in [0.1, 0.15) is 34.4 Å². The summed E-state index contributed by atoms with van der Waals surface area (Å²) < 4.78 is 6.93. The molecule has 0 aliphatic carbocycles. The van der Waals surface area contributed by atoms with Crippen LogP contribution in [0.15, 0.2) is 29.1 Å². The minimum atomic E-state index is -1.12. The largest absolute Gasteiger partial charge is 0.448 e. The maximum absolute atomic E-state index is 12.7. The van der Waals surface area contributed by atoms with E-state index in [-0.39, 0.29) is 16.1 Å². The van der Waals surface area contributed by atoms with Gasteiger partial charge in [0.2, 0.25) is 0 Å². The zero-order chi connectivity index (χ0) is 22.3. The Labute approximate surface area is 179 Å². The molecule has 3 aromatic rings. The summed E-state index contributed by atoms with van der Waals surface area (Å²) in [5.74, 6) is -0.580. The van der Waals surface area contributed by atoms with Gasteiger partial charge in [-0.25, -0.2) is 9.78 Å². The summed E-state index contributed by atoms with van der Waals surface area (Å²) in [5, 5.41) is 13.7. The molecule has 1 amide bonds. The number of esters is 1. The molecule has 160 valence electrons. The molecule has 1 atom stereocenters. The first-order chi connectivity index (χ1) is 14.8. The highest BCUT2D eigenvalue weighted by atomic mass is 32.1. The van der Waals surface area contributed by atoms with E-state index in [1.807, 2.05) is 0 Å². The number of nitro benzene ring substituents is 1. The Morgan fingerprint density at radius 1 is 1.32 bits per heavy atom. The lowest BCUT2D eigenvalue weighted by atomic mass is 10.2. The smallest absolute Gasteiger partial charge is 0.349 e. The molecule has 3 heterocycles. The van der Waals surface area contributed by atoms with Crippen molar-refractivity contribution in [2.45, 2.75) is 39.3 Å². The Morgan fingerprint density at radius 2 is 2.03 bits per heavy atom. The highest BCUT2D eigenvalue weighted by Gasteiger charge is 2.26. The molecule has 10 nitrogen and oxygen atoms in total. The van der Waals surface area contributed by atoms with Gasteiger partial charge in [-0.2, -0.15) is 0 Å². The van der Waals surface area contributed by atoms with E-state index in [2.05, 4.69) is 10.3 Å². The Hall–Kier alpha value is -3.60. The van der Waals surface area contributed by atoms with Crippen molar-refractivity contribution in [3.8, 4) is 0 Å². The van der Waals surface area contributed by atoms with Gasteiger partial charge in [0.1, 0.15) is 15.5 Å². The fourth-order valence-electron chi connectivity index (χ4n) is 3.45. The van der Waals surface area contributed by atoms with Crippen LogP contribution in [0, 0.1) is 17.0 Å². The first-order valence-electron chi connectivity index (χ1n) is 9.55. The number of benzene rings is 1. The van der Waals surface area contributed by atoms with Crippen LogP contribution in [0.25, 0.3) is 10.2 Å². The zero-order valence-corrected chi connectivity index (χ0v) is 17.5. The predicted molar refractivity (Wildman–Crippen MR) is 114 cm³/mol. The molecule has 31 heavy (non-hydrogen) atoms. The first kappa shape index (κ1) is 20.7. The van der Waals surface area contributed by atoms with Crippen LogP contribution in [0.5, 0.6) is 0 Å². The number of carbonyl (C=O) groups excluding carboxylic acids is 2. The molecule has 1 aliphatic heterocycles. The van der Waals surface area contributed by atoms with Crippen molar-refractivity contribution in [3.63, 3.8) is 0 Å². The van der Waals surface area contributed by atoms with E-state index >= 15 is 0 Å². The zero-order valence-electron chi connectivity index (χ0n) is 16.7. The van der Waals surface area contributed by atoms with E-state index in [9.17, 15) is 24.5 Å². The normalized spacial score (nSPS) is 13.6. The highest BCUT2D eigenvalue weighted by molar-refractivity contribution is 7.20. The van der Waals surface area contributed by atoms with E-state index in [0.29, 0.717) is 28.0 Å². The number of fused-ring (bicyclic) bond motifs is 2. The third-order valence-corrected chi connectivity index (χ3v) is 6.26. The predicted octanol–water partition coefficient (Wildman–Crippen LogP) is 2.80. The molecule has 1 aliphatic rings. The summed E-state index contributed by atoms with van der Waals surface area (Å²) >= 11 is 1.08. The number of hydrogen-bond acceptors (Lipinski definition) is 8. The molecule has 0 fully saturated rings. The van der Waals surface area contributed by atoms with Crippen LogP contribution in [0.4, 0.5) is 11.4 Å². The number of aryl methyl sites for hydroxylation is 2. The van der Waals surface area contributed by atoms with Crippen molar-refractivity contribution in [2.24, 2.45) is 0 Å². The van der Waals surface area contributed by atoms with E-state index in [0.717, 1.165) is 30.0 Å². The number of amides is 1. The van der Waals surface area contributed by atoms with Crippen molar-refractivity contribution in [2.75, 3.05) is 5.32 Å². The lowest BCUT2D eigenvalue weighted by molar-refractivity contribution is -0.384.